The van der Waals surface area contributed by atoms with E-state index in [0.29, 0.717) is 24.8 Å². The molecule has 0 unspecified atom stereocenters. The third-order valence-corrected chi connectivity index (χ3v) is 5.07. The topological polar surface area (TPSA) is 55.1 Å². The lowest BCUT2D eigenvalue weighted by atomic mass is 10.0. The van der Waals surface area contributed by atoms with Crippen LogP contribution >= 0.6 is 0 Å². The molecule has 5 nitrogen and oxygen atoms in total. The molecule has 8 heteroatoms. The predicted octanol–water partition coefficient (Wildman–Crippen LogP) is 3.71. The van der Waals surface area contributed by atoms with Crippen LogP contribution in [0.4, 0.5) is 19.1 Å². The van der Waals surface area contributed by atoms with Gasteiger partial charge in [-0.15, -0.1) is 0 Å². The van der Waals surface area contributed by atoms with Gasteiger partial charge in [0, 0.05) is 48.3 Å². The van der Waals surface area contributed by atoms with Gasteiger partial charge >= 0.3 is 0 Å². The van der Waals surface area contributed by atoms with Crippen LogP contribution in [0, 0.1) is 11.7 Å². The Morgan fingerprint density at radius 1 is 1.26 bits per heavy atom. The molecule has 1 N–H and O–H groups in total. The highest BCUT2D eigenvalue weighted by Crippen LogP contribution is 2.43. The molecular formula is C19H16F3N5. The Labute approximate surface area is 153 Å². The maximum atomic E-state index is 14.2. The molecule has 5 rings (SSSR count). The molecule has 138 valence electrons. The summed E-state index contributed by atoms with van der Waals surface area (Å²) in [5, 5.41) is 2.65. The summed E-state index contributed by atoms with van der Waals surface area (Å²) in [6.45, 7) is -0.459. The van der Waals surface area contributed by atoms with E-state index in [1.165, 1.54) is 12.3 Å². The first-order valence-electron chi connectivity index (χ1n) is 8.82. The molecule has 3 heterocycles. The van der Waals surface area contributed by atoms with Crippen LogP contribution in [0.5, 0.6) is 0 Å². The monoisotopic (exact) mass is 371 g/mol. The first-order valence-corrected chi connectivity index (χ1v) is 8.82. The molecule has 2 aliphatic rings. The Kier molecular flexibility index (Phi) is 3.50. The van der Waals surface area contributed by atoms with E-state index in [9.17, 15) is 13.2 Å². The number of hydrogen-bond donors (Lipinski definition) is 1. The molecule has 0 aromatic carbocycles. The van der Waals surface area contributed by atoms with Crippen LogP contribution in [-0.4, -0.2) is 31.8 Å². The van der Waals surface area contributed by atoms with Gasteiger partial charge in [-0.1, -0.05) is 6.08 Å². The van der Waals surface area contributed by atoms with E-state index >= 15 is 0 Å². The van der Waals surface area contributed by atoms with Crippen LogP contribution in [0.1, 0.15) is 29.7 Å². The zero-order valence-electron chi connectivity index (χ0n) is 14.3. The Morgan fingerprint density at radius 3 is 2.93 bits per heavy atom. The second kappa shape index (κ2) is 5.80. The summed E-state index contributed by atoms with van der Waals surface area (Å²) >= 11 is 0. The number of nitrogens with zero attached hydrogens (tertiary/aromatic N) is 4. The Balaban J connectivity index is 1.39. The molecule has 0 atom stereocenters. The zero-order chi connectivity index (χ0) is 18.6. The molecular weight excluding hydrogens is 355 g/mol. The van der Waals surface area contributed by atoms with E-state index in [2.05, 4.69) is 20.3 Å². The van der Waals surface area contributed by atoms with Crippen molar-refractivity contribution in [1.82, 2.24) is 19.4 Å². The van der Waals surface area contributed by atoms with Crippen LogP contribution in [0.15, 0.2) is 36.9 Å². The molecule has 0 saturated heterocycles. The average molecular weight is 371 g/mol. The first-order chi connectivity index (χ1) is 13.0. The van der Waals surface area contributed by atoms with Crippen molar-refractivity contribution in [3.63, 3.8) is 0 Å². The van der Waals surface area contributed by atoms with Gasteiger partial charge < -0.3 is 9.72 Å². The Morgan fingerprint density at radius 2 is 2.11 bits per heavy atom. The number of rotatable bonds is 5. The minimum atomic E-state index is -2.73. The third-order valence-electron chi connectivity index (χ3n) is 5.07. The summed E-state index contributed by atoms with van der Waals surface area (Å²) < 4.78 is 43.5. The summed E-state index contributed by atoms with van der Waals surface area (Å²) in [5.41, 5.74) is 3.32. The second-order valence-corrected chi connectivity index (χ2v) is 7.00. The van der Waals surface area contributed by atoms with E-state index in [1.54, 1.807) is 23.0 Å². The maximum absolute atomic E-state index is 14.2. The van der Waals surface area contributed by atoms with Crippen molar-refractivity contribution in [2.45, 2.75) is 25.2 Å². The molecule has 0 bridgehead atoms. The van der Waals surface area contributed by atoms with Gasteiger partial charge in [0.15, 0.2) is 11.5 Å². The number of halogens is 3. The number of allylic oxidation sites excluding steroid dienone is 1. The Hall–Kier alpha value is -2.90. The molecule has 0 aliphatic heterocycles. The summed E-state index contributed by atoms with van der Waals surface area (Å²) in [6, 6.07) is 1.44. The number of aromatic nitrogens is 4. The van der Waals surface area contributed by atoms with Gasteiger partial charge in [-0.25, -0.2) is 28.1 Å². The van der Waals surface area contributed by atoms with Crippen molar-refractivity contribution in [3.8, 4) is 0 Å². The van der Waals surface area contributed by atoms with Gasteiger partial charge in [0.05, 0.1) is 12.2 Å². The SMILES string of the molecule is Fc1cc(C2=CCc3nc(NCC(F)(F)C4CC4)ncc32)cn2ccnc12. The highest BCUT2D eigenvalue weighted by Gasteiger charge is 2.46. The fourth-order valence-electron chi connectivity index (χ4n) is 3.45. The molecule has 27 heavy (non-hydrogen) atoms. The van der Waals surface area contributed by atoms with Crippen LogP contribution in [0.3, 0.4) is 0 Å². The van der Waals surface area contributed by atoms with Crippen molar-refractivity contribution in [2.75, 3.05) is 11.9 Å². The fraction of sp³-hybridized carbons (Fsp3) is 0.316. The van der Waals surface area contributed by atoms with Gasteiger partial charge in [-0.3, -0.25) is 0 Å². The number of alkyl halides is 2. The van der Waals surface area contributed by atoms with Gasteiger partial charge in [0.25, 0.3) is 5.92 Å². The summed E-state index contributed by atoms with van der Waals surface area (Å²) in [5.74, 6) is -3.47. The fourth-order valence-corrected chi connectivity index (χ4v) is 3.45. The molecule has 2 aliphatic carbocycles. The Bertz CT molecular complexity index is 1070. The number of imidazole rings is 1. The zero-order valence-corrected chi connectivity index (χ0v) is 14.3. The normalized spacial score (nSPS) is 16.5. The average Bonchev–Trinajstić information content (AvgIpc) is 3.27. The van der Waals surface area contributed by atoms with Crippen LogP contribution in [0.2, 0.25) is 0 Å². The molecule has 1 fully saturated rings. The highest BCUT2D eigenvalue weighted by atomic mass is 19.3. The molecule has 0 radical (unpaired) electrons. The molecule has 0 amide bonds. The number of fused-ring (bicyclic) bond motifs is 2. The lowest BCUT2D eigenvalue weighted by Gasteiger charge is -2.16. The van der Waals surface area contributed by atoms with Crippen molar-refractivity contribution in [1.29, 1.82) is 0 Å². The van der Waals surface area contributed by atoms with E-state index in [0.717, 1.165) is 16.8 Å². The van der Waals surface area contributed by atoms with Crippen LogP contribution < -0.4 is 5.32 Å². The van der Waals surface area contributed by atoms with Crippen molar-refractivity contribution >= 4 is 17.2 Å². The standard InChI is InChI=1S/C19H16F3N5/c20-15-7-11(9-27-6-5-23-17(15)27)13-3-4-16-14(13)8-24-18(26-16)25-10-19(21,22)12-1-2-12/h3,5-9,12H,1-2,4,10H2,(H,24,25,26). The van der Waals surface area contributed by atoms with E-state index < -0.39 is 24.2 Å². The second-order valence-electron chi connectivity index (χ2n) is 7.00. The van der Waals surface area contributed by atoms with Gasteiger partial charge in [-0.05, 0) is 24.5 Å². The number of anilines is 1. The third kappa shape index (κ3) is 2.85. The quantitative estimate of drug-likeness (QED) is 0.743. The number of nitrogens with one attached hydrogen (secondary N) is 1. The molecule has 0 spiro atoms. The molecule has 1 saturated carbocycles. The molecule has 3 aromatic heterocycles. The summed E-state index contributed by atoms with van der Waals surface area (Å²) in [6.07, 6.45) is 10.3. The van der Waals surface area contributed by atoms with Crippen molar-refractivity contribution < 1.29 is 13.2 Å². The maximum Gasteiger partial charge on any atom is 0.267 e. The van der Waals surface area contributed by atoms with Crippen LogP contribution in [-0.2, 0) is 6.42 Å². The van der Waals surface area contributed by atoms with Crippen LogP contribution in [0.25, 0.3) is 11.2 Å². The lowest BCUT2D eigenvalue weighted by molar-refractivity contribution is -0.00832. The number of pyridine rings is 1. The smallest absolute Gasteiger partial charge is 0.267 e. The van der Waals surface area contributed by atoms with E-state index in [4.69, 9.17) is 0 Å². The van der Waals surface area contributed by atoms with Gasteiger partial charge in [0.1, 0.15) is 0 Å². The summed E-state index contributed by atoms with van der Waals surface area (Å²) in [7, 11) is 0. The first kappa shape index (κ1) is 16.3. The lowest BCUT2D eigenvalue weighted by Crippen LogP contribution is -2.30. The van der Waals surface area contributed by atoms with Gasteiger partial charge in [0.2, 0.25) is 5.95 Å². The number of hydrogen-bond acceptors (Lipinski definition) is 4. The minimum absolute atomic E-state index is 0.194. The van der Waals surface area contributed by atoms with Crippen molar-refractivity contribution in [2.24, 2.45) is 5.92 Å². The minimum Gasteiger partial charge on any atom is -0.348 e. The molecule has 3 aromatic rings. The van der Waals surface area contributed by atoms with Crippen molar-refractivity contribution in [3.05, 3.63) is 59.6 Å². The van der Waals surface area contributed by atoms with Gasteiger partial charge in [-0.2, -0.15) is 0 Å². The predicted molar refractivity (Wildman–Crippen MR) is 94.1 cm³/mol. The highest BCUT2D eigenvalue weighted by molar-refractivity contribution is 5.84. The largest absolute Gasteiger partial charge is 0.348 e. The van der Waals surface area contributed by atoms with E-state index in [-0.39, 0.29) is 11.6 Å². The van der Waals surface area contributed by atoms with E-state index in [1.807, 2.05) is 6.08 Å². The summed E-state index contributed by atoms with van der Waals surface area (Å²) in [4.78, 5) is 12.5.